The Morgan fingerprint density at radius 2 is 1.96 bits per heavy atom. The third kappa shape index (κ3) is 3.40. The van der Waals surface area contributed by atoms with Gasteiger partial charge in [0, 0.05) is 27.4 Å². The molecular weight excluding hydrogens is 390 g/mol. The second kappa shape index (κ2) is 7.62. The first-order valence-corrected chi connectivity index (χ1v) is 11.5. The molecule has 1 saturated heterocycles. The number of hydrogen-bond acceptors (Lipinski definition) is 3. The Kier molecular flexibility index (Phi) is 4.99. The van der Waals surface area contributed by atoms with Crippen LogP contribution in [0.3, 0.4) is 0 Å². The molecule has 1 aromatic carbocycles. The molecule has 2 N–H and O–H groups in total. The van der Waals surface area contributed by atoms with Crippen LogP contribution in [0, 0.1) is 11.8 Å². The summed E-state index contributed by atoms with van der Waals surface area (Å²) in [6.07, 6.45) is 6.91. The smallest absolute Gasteiger partial charge is 0.260 e. The van der Waals surface area contributed by atoms with Crippen molar-refractivity contribution in [1.82, 2.24) is 9.97 Å². The average Bonchev–Trinajstić information content (AvgIpc) is 3.12. The molecule has 6 heteroatoms. The van der Waals surface area contributed by atoms with Crippen LogP contribution in [0.1, 0.15) is 37.9 Å². The fraction of sp³-hybridized carbons (Fsp3) is 0.455. The van der Waals surface area contributed by atoms with E-state index in [-0.39, 0.29) is 5.56 Å². The van der Waals surface area contributed by atoms with Gasteiger partial charge >= 0.3 is 0 Å². The number of H-pyrrole nitrogens is 1. The topological polar surface area (TPSA) is 50.2 Å². The normalized spacial score (nSPS) is 25.0. The number of quaternary nitrogens is 1. The summed E-state index contributed by atoms with van der Waals surface area (Å²) in [6.45, 7) is 3.23. The third-order valence-corrected chi connectivity index (χ3v) is 7.76. The Morgan fingerprint density at radius 1 is 1.14 bits per heavy atom. The quantitative estimate of drug-likeness (QED) is 0.682. The fourth-order valence-electron chi connectivity index (χ4n) is 5.15. The Hall–Kier alpha value is -1.69. The molecule has 3 aromatic rings. The molecule has 2 aromatic heterocycles. The number of thiophene rings is 1. The Bertz CT molecular complexity index is 1060. The van der Waals surface area contributed by atoms with Crippen molar-refractivity contribution in [2.45, 2.75) is 38.6 Å². The van der Waals surface area contributed by atoms with Gasteiger partial charge in [-0.2, -0.15) is 0 Å². The van der Waals surface area contributed by atoms with Gasteiger partial charge in [-0.1, -0.05) is 42.6 Å². The molecule has 2 fully saturated rings. The van der Waals surface area contributed by atoms with Crippen molar-refractivity contribution in [3.63, 3.8) is 0 Å². The van der Waals surface area contributed by atoms with Crippen molar-refractivity contribution in [3.8, 4) is 11.1 Å². The van der Waals surface area contributed by atoms with Crippen molar-refractivity contribution < 1.29 is 4.90 Å². The lowest BCUT2D eigenvalue weighted by Crippen LogP contribution is -3.12. The predicted molar refractivity (Wildman–Crippen MR) is 115 cm³/mol. The maximum Gasteiger partial charge on any atom is 0.260 e. The lowest BCUT2D eigenvalue weighted by Gasteiger charge is -2.38. The van der Waals surface area contributed by atoms with E-state index in [9.17, 15) is 4.79 Å². The number of piperidine rings is 1. The maximum absolute atomic E-state index is 12.9. The molecule has 0 radical (unpaired) electrons. The Balaban J connectivity index is 1.42. The third-order valence-electron chi connectivity index (χ3n) is 6.56. The molecule has 1 saturated carbocycles. The molecule has 1 unspecified atom stereocenters. The first kappa shape index (κ1) is 18.3. The number of nitrogens with zero attached hydrogens (tertiary/aromatic N) is 1. The van der Waals surface area contributed by atoms with Crippen LogP contribution in [0.5, 0.6) is 0 Å². The zero-order valence-electron chi connectivity index (χ0n) is 15.8. The minimum atomic E-state index is -0.0527. The van der Waals surface area contributed by atoms with E-state index in [0.29, 0.717) is 10.4 Å². The standard InChI is InChI=1S/C22H24ClN3OS/c23-18-8-4-3-7-16(18)17-13-28-22-20(17)21(27)24-19(25-22)12-26-10-9-14-5-1-2-6-15(14)11-26/h3-4,7-8,13-15H,1-2,5-6,9-12H2,(H,24,25,27)/p+1/t14-,15+/m0/s1. The van der Waals surface area contributed by atoms with Crippen LogP contribution in [0.4, 0.5) is 0 Å². The number of aromatic nitrogens is 2. The minimum Gasteiger partial charge on any atom is -0.328 e. The molecule has 2 aliphatic rings. The highest BCUT2D eigenvalue weighted by atomic mass is 35.5. The largest absolute Gasteiger partial charge is 0.328 e. The average molecular weight is 415 g/mol. The predicted octanol–water partition coefficient (Wildman–Crippen LogP) is 3.90. The van der Waals surface area contributed by atoms with E-state index >= 15 is 0 Å². The van der Waals surface area contributed by atoms with Crippen LogP contribution < -0.4 is 10.5 Å². The van der Waals surface area contributed by atoms with Gasteiger partial charge in [0.25, 0.3) is 5.56 Å². The molecule has 3 atom stereocenters. The zero-order valence-corrected chi connectivity index (χ0v) is 17.4. The summed E-state index contributed by atoms with van der Waals surface area (Å²) in [5.74, 6) is 2.61. The number of hydrogen-bond donors (Lipinski definition) is 2. The number of aromatic amines is 1. The lowest BCUT2D eigenvalue weighted by molar-refractivity contribution is -0.924. The summed E-state index contributed by atoms with van der Waals surface area (Å²) in [5.41, 5.74) is 1.71. The van der Waals surface area contributed by atoms with E-state index < -0.39 is 0 Å². The van der Waals surface area contributed by atoms with Gasteiger partial charge in [0.05, 0.1) is 18.5 Å². The van der Waals surface area contributed by atoms with Gasteiger partial charge in [0.2, 0.25) is 0 Å². The maximum atomic E-state index is 12.9. The Labute approximate surface area is 173 Å². The molecule has 0 spiro atoms. The number of halogens is 1. The fourth-order valence-corrected chi connectivity index (χ4v) is 6.34. The number of benzene rings is 1. The van der Waals surface area contributed by atoms with Crippen LogP contribution in [-0.4, -0.2) is 23.1 Å². The highest BCUT2D eigenvalue weighted by Crippen LogP contribution is 2.35. The SMILES string of the molecule is O=c1[nH]c(C[NH+]2CC[C@@H]3CCCC[C@@H]3C2)nc2scc(-c3ccccc3Cl)c12. The second-order valence-electron chi connectivity index (χ2n) is 8.30. The molecule has 5 rings (SSSR count). The lowest BCUT2D eigenvalue weighted by atomic mass is 9.75. The minimum absolute atomic E-state index is 0.0527. The van der Waals surface area contributed by atoms with Crippen LogP contribution in [0.25, 0.3) is 21.3 Å². The van der Waals surface area contributed by atoms with Crippen LogP contribution in [-0.2, 0) is 6.54 Å². The van der Waals surface area contributed by atoms with Crippen molar-refractivity contribution in [1.29, 1.82) is 0 Å². The molecule has 28 heavy (non-hydrogen) atoms. The zero-order chi connectivity index (χ0) is 19.1. The summed E-state index contributed by atoms with van der Waals surface area (Å²) in [6, 6.07) is 7.66. The van der Waals surface area contributed by atoms with Gasteiger partial charge in [0.15, 0.2) is 5.82 Å². The molecule has 1 aliphatic heterocycles. The summed E-state index contributed by atoms with van der Waals surface area (Å²) >= 11 is 7.88. The van der Waals surface area contributed by atoms with Gasteiger partial charge in [-0.05, 0) is 31.2 Å². The van der Waals surface area contributed by atoms with E-state index in [2.05, 4.69) is 4.98 Å². The molecule has 0 amide bonds. The van der Waals surface area contributed by atoms with Crippen molar-refractivity contribution in [3.05, 3.63) is 50.8 Å². The van der Waals surface area contributed by atoms with Gasteiger partial charge in [-0.25, -0.2) is 4.98 Å². The molecule has 146 valence electrons. The number of nitrogens with one attached hydrogen (secondary N) is 2. The van der Waals surface area contributed by atoms with Gasteiger partial charge in [0.1, 0.15) is 11.4 Å². The summed E-state index contributed by atoms with van der Waals surface area (Å²) in [4.78, 5) is 23.1. The van der Waals surface area contributed by atoms with Crippen LogP contribution in [0.2, 0.25) is 5.02 Å². The van der Waals surface area contributed by atoms with Crippen molar-refractivity contribution >= 4 is 33.2 Å². The highest BCUT2D eigenvalue weighted by molar-refractivity contribution is 7.17. The summed E-state index contributed by atoms with van der Waals surface area (Å²) in [5, 5.41) is 3.31. The monoisotopic (exact) mass is 414 g/mol. The van der Waals surface area contributed by atoms with E-state index in [1.54, 1.807) is 4.90 Å². The molecular formula is C22H25ClN3OS+. The van der Waals surface area contributed by atoms with E-state index in [0.717, 1.165) is 40.2 Å². The number of rotatable bonds is 3. The van der Waals surface area contributed by atoms with Crippen molar-refractivity contribution in [2.75, 3.05) is 13.1 Å². The number of likely N-dealkylation sites (tertiary alicyclic amines) is 1. The molecule has 4 nitrogen and oxygen atoms in total. The Morgan fingerprint density at radius 3 is 2.82 bits per heavy atom. The van der Waals surface area contributed by atoms with Crippen LogP contribution >= 0.6 is 22.9 Å². The van der Waals surface area contributed by atoms with Gasteiger partial charge < -0.3 is 9.88 Å². The van der Waals surface area contributed by atoms with Gasteiger partial charge in [-0.15, -0.1) is 11.3 Å². The van der Waals surface area contributed by atoms with E-state index in [1.165, 1.54) is 56.5 Å². The summed E-state index contributed by atoms with van der Waals surface area (Å²) < 4.78 is 0. The summed E-state index contributed by atoms with van der Waals surface area (Å²) in [7, 11) is 0. The first-order chi connectivity index (χ1) is 13.7. The second-order valence-corrected chi connectivity index (χ2v) is 9.56. The molecule has 3 heterocycles. The number of fused-ring (bicyclic) bond motifs is 2. The van der Waals surface area contributed by atoms with Crippen LogP contribution in [0.15, 0.2) is 34.4 Å². The molecule has 1 aliphatic carbocycles. The highest BCUT2D eigenvalue weighted by Gasteiger charge is 2.33. The van der Waals surface area contributed by atoms with Crippen molar-refractivity contribution in [2.24, 2.45) is 11.8 Å². The van der Waals surface area contributed by atoms with E-state index in [4.69, 9.17) is 16.6 Å². The van der Waals surface area contributed by atoms with Gasteiger partial charge in [-0.3, -0.25) is 4.79 Å². The first-order valence-electron chi connectivity index (χ1n) is 10.3. The molecule has 0 bridgehead atoms. The van der Waals surface area contributed by atoms with E-state index in [1.807, 2.05) is 29.6 Å².